The van der Waals surface area contributed by atoms with Crippen molar-refractivity contribution in [2.24, 2.45) is 0 Å². The van der Waals surface area contributed by atoms with Gasteiger partial charge >= 0.3 is 0 Å². The molecule has 0 radical (unpaired) electrons. The van der Waals surface area contributed by atoms with Crippen LogP contribution in [0.1, 0.15) is 5.56 Å². The lowest BCUT2D eigenvalue weighted by molar-refractivity contribution is 1.22. The lowest BCUT2D eigenvalue weighted by atomic mass is 10.0. The topological polar surface area (TPSA) is 36.7 Å². The van der Waals surface area contributed by atoms with Crippen LogP contribution in [0.2, 0.25) is 30.1 Å². The molecule has 0 N–H and O–H groups in total. The normalized spacial score (nSPS) is 10.7. The molecule has 1 heterocycles. The smallest absolute Gasteiger partial charge is 0.0743 e. The van der Waals surface area contributed by atoms with Crippen LogP contribution >= 0.6 is 69.6 Å². The van der Waals surface area contributed by atoms with Crippen LogP contribution in [-0.4, -0.2) is 4.98 Å². The zero-order valence-electron chi connectivity index (χ0n) is 13.3. The number of hydrogen-bond donors (Lipinski definition) is 0. The number of nitrogens with zero attached hydrogens (tertiary/aromatic N) is 2. The molecular weight excluding hydrogens is 469 g/mol. The lowest BCUT2D eigenvalue weighted by Gasteiger charge is -2.13. The number of nitriles is 1. The third kappa shape index (κ3) is 4.15. The molecule has 3 aromatic rings. The second-order valence-corrected chi connectivity index (χ2v) is 7.90. The average Bonchev–Trinajstić information content (AvgIpc) is 2.62. The van der Waals surface area contributed by atoms with Crippen LogP contribution in [0.25, 0.3) is 22.5 Å². The highest BCUT2D eigenvalue weighted by Crippen LogP contribution is 2.42. The Kier molecular flexibility index (Phi) is 6.43. The third-order valence-electron chi connectivity index (χ3n) is 3.77. The summed E-state index contributed by atoms with van der Waals surface area (Å²) >= 11 is 37.6. The Balaban J connectivity index is 2.33. The second-order valence-electron chi connectivity index (χ2n) is 5.52. The van der Waals surface area contributed by atoms with Crippen LogP contribution in [0, 0.1) is 11.3 Å². The first kappa shape index (κ1) is 20.6. The molecule has 0 aliphatic heterocycles. The van der Waals surface area contributed by atoms with Crippen molar-refractivity contribution in [3.8, 4) is 28.6 Å². The third-order valence-corrected chi connectivity index (χ3v) is 6.01. The largest absolute Gasteiger partial charge is 0.248 e. The summed E-state index contributed by atoms with van der Waals surface area (Å²) in [6.07, 6.45) is 0.147. The van der Waals surface area contributed by atoms with Gasteiger partial charge < -0.3 is 0 Å². The van der Waals surface area contributed by atoms with Crippen LogP contribution in [0.5, 0.6) is 0 Å². The molecule has 0 saturated carbocycles. The molecule has 3 rings (SSSR count). The van der Waals surface area contributed by atoms with Gasteiger partial charge in [-0.25, -0.2) is 4.98 Å². The second kappa shape index (κ2) is 8.45. The minimum atomic E-state index is 0.147. The molecule has 1 aromatic heterocycles. The van der Waals surface area contributed by atoms with Crippen LogP contribution in [0.4, 0.5) is 0 Å². The van der Waals surface area contributed by atoms with Crippen molar-refractivity contribution in [3.63, 3.8) is 0 Å². The van der Waals surface area contributed by atoms with Crippen LogP contribution in [0.15, 0.2) is 36.4 Å². The zero-order valence-corrected chi connectivity index (χ0v) is 17.9. The first-order valence-corrected chi connectivity index (χ1v) is 9.76. The van der Waals surface area contributed by atoms with E-state index in [0.29, 0.717) is 48.2 Å². The zero-order chi connectivity index (χ0) is 19.7. The molecule has 2 nitrogen and oxygen atoms in total. The van der Waals surface area contributed by atoms with E-state index in [1.54, 1.807) is 36.4 Å². The Morgan fingerprint density at radius 2 is 1.11 bits per heavy atom. The van der Waals surface area contributed by atoms with E-state index in [4.69, 9.17) is 74.9 Å². The van der Waals surface area contributed by atoms with Gasteiger partial charge in [-0.15, -0.1) is 0 Å². The standard InChI is InChI=1S/C19H8Cl6N2/c20-10-1-3-12(22)18(24)16(10)14-7-9(5-6-26)8-15(27-14)17-11(21)2-4-13(23)19(17)25/h1-4,7-8H,5H2. The van der Waals surface area contributed by atoms with Crippen molar-refractivity contribution in [2.75, 3.05) is 0 Å². The summed E-state index contributed by atoms with van der Waals surface area (Å²) in [5.74, 6) is 0. The van der Waals surface area contributed by atoms with Crippen molar-refractivity contribution in [3.05, 3.63) is 72.1 Å². The maximum absolute atomic E-state index is 9.13. The van der Waals surface area contributed by atoms with Gasteiger partial charge in [0.05, 0.1) is 54.0 Å². The minimum Gasteiger partial charge on any atom is -0.248 e. The predicted octanol–water partition coefficient (Wildman–Crippen LogP) is 8.40. The van der Waals surface area contributed by atoms with Crippen molar-refractivity contribution in [1.82, 2.24) is 4.98 Å². The van der Waals surface area contributed by atoms with Gasteiger partial charge in [-0.3, -0.25) is 0 Å². The molecule has 0 unspecified atom stereocenters. The fourth-order valence-electron chi connectivity index (χ4n) is 2.56. The Labute approximate surface area is 186 Å². The summed E-state index contributed by atoms with van der Waals surface area (Å²) in [5, 5.41) is 11.1. The average molecular weight is 477 g/mol. The number of halogens is 6. The fourth-order valence-corrected chi connectivity index (χ4v) is 4.00. The van der Waals surface area contributed by atoms with Crippen molar-refractivity contribution in [2.45, 2.75) is 6.42 Å². The number of rotatable bonds is 3. The van der Waals surface area contributed by atoms with E-state index >= 15 is 0 Å². The highest BCUT2D eigenvalue weighted by Gasteiger charge is 2.18. The first-order valence-electron chi connectivity index (χ1n) is 7.49. The fraction of sp³-hybridized carbons (Fsp3) is 0.0526. The van der Waals surface area contributed by atoms with E-state index < -0.39 is 0 Å². The van der Waals surface area contributed by atoms with Gasteiger partial charge in [0.2, 0.25) is 0 Å². The SMILES string of the molecule is N#CCc1cc(-c2c(Cl)ccc(Cl)c2Cl)nc(-c2c(Cl)ccc(Cl)c2Cl)c1. The molecule has 0 aliphatic carbocycles. The van der Waals surface area contributed by atoms with Gasteiger partial charge in [-0.1, -0.05) is 69.6 Å². The Morgan fingerprint density at radius 1 is 0.704 bits per heavy atom. The highest BCUT2D eigenvalue weighted by atomic mass is 35.5. The van der Waals surface area contributed by atoms with E-state index in [2.05, 4.69) is 11.1 Å². The highest BCUT2D eigenvalue weighted by molar-refractivity contribution is 6.47. The first-order chi connectivity index (χ1) is 12.8. The molecule has 8 heteroatoms. The van der Waals surface area contributed by atoms with Gasteiger partial charge in [-0.2, -0.15) is 5.26 Å². The van der Waals surface area contributed by atoms with Crippen molar-refractivity contribution in [1.29, 1.82) is 5.26 Å². The van der Waals surface area contributed by atoms with E-state index in [9.17, 15) is 0 Å². The number of aromatic nitrogens is 1. The maximum Gasteiger partial charge on any atom is 0.0743 e. The molecule has 0 fully saturated rings. The van der Waals surface area contributed by atoms with Crippen LogP contribution in [-0.2, 0) is 6.42 Å². The molecule has 136 valence electrons. The summed E-state index contributed by atoms with van der Waals surface area (Å²) in [6.45, 7) is 0. The van der Waals surface area contributed by atoms with Crippen molar-refractivity contribution >= 4 is 69.6 Å². The van der Waals surface area contributed by atoms with E-state index in [1.165, 1.54) is 0 Å². The van der Waals surface area contributed by atoms with Gasteiger partial charge in [0.1, 0.15) is 0 Å². The number of hydrogen-bond acceptors (Lipinski definition) is 2. The van der Waals surface area contributed by atoms with Gasteiger partial charge in [0.25, 0.3) is 0 Å². The van der Waals surface area contributed by atoms with E-state index in [0.717, 1.165) is 0 Å². The van der Waals surface area contributed by atoms with Crippen molar-refractivity contribution < 1.29 is 0 Å². The Morgan fingerprint density at radius 3 is 1.52 bits per heavy atom. The Bertz CT molecular complexity index is 1010. The number of benzene rings is 2. The van der Waals surface area contributed by atoms with Gasteiger partial charge in [0.15, 0.2) is 0 Å². The Hall–Kier alpha value is -1.18. The van der Waals surface area contributed by atoms with Gasteiger partial charge in [0, 0.05) is 11.1 Å². The minimum absolute atomic E-state index is 0.147. The summed E-state index contributed by atoms with van der Waals surface area (Å²) in [5.41, 5.74) is 2.50. The molecule has 0 bridgehead atoms. The van der Waals surface area contributed by atoms with Gasteiger partial charge in [-0.05, 0) is 42.0 Å². The van der Waals surface area contributed by atoms with E-state index in [1.807, 2.05) is 0 Å². The molecular formula is C19H8Cl6N2. The molecule has 0 amide bonds. The predicted molar refractivity (Wildman–Crippen MR) is 114 cm³/mol. The monoisotopic (exact) mass is 474 g/mol. The quantitative estimate of drug-likeness (QED) is 0.356. The van der Waals surface area contributed by atoms with Crippen LogP contribution in [0.3, 0.4) is 0 Å². The number of pyridine rings is 1. The molecule has 0 atom stereocenters. The van der Waals surface area contributed by atoms with Crippen LogP contribution < -0.4 is 0 Å². The maximum atomic E-state index is 9.13. The lowest BCUT2D eigenvalue weighted by Crippen LogP contribution is -1.96. The molecule has 27 heavy (non-hydrogen) atoms. The summed E-state index contributed by atoms with van der Waals surface area (Å²) in [6, 6.07) is 12.0. The molecule has 0 aliphatic rings. The molecule has 0 saturated heterocycles. The van der Waals surface area contributed by atoms with E-state index in [-0.39, 0.29) is 16.5 Å². The summed E-state index contributed by atoms with van der Waals surface area (Å²) < 4.78 is 0. The summed E-state index contributed by atoms with van der Waals surface area (Å²) in [7, 11) is 0. The molecule has 0 spiro atoms. The molecule has 2 aromatic carbocycles. The summed E-state index contributed by atoms with van der Waals surface area (Å²) in [4.78, 5) is 4.62.